The molecule has 2 N–H and O–H groups in total. The van der Waals surface area contributed by atoms with Crippen LogP contribution in [0.5, 0.6) is 5.75 Å². The summed E-state index contributed by atoms with van der Waals surface area (Å²) < 4.78 is 11.4. The number of methoxy groups -OCH3 is 1. The SMILES string of the molecule is COC1CCCCC1Oc1cccc(N)c1C#N. The second-order valence-corrected chi connectivity index (χ2v) is 4.55. The number of nitrogens with zero attached hydrogens (tertiary/aromatic N) is 1. The first-order valence-electron chi connectivity index (χ1n) is 6.24. The molecule has 96 valence electrons. The van der Waals surface area contributed by atoms with Crippen LogP contribution in [0.25, 0.3) is 0 Å². The highest BCUT2D eigenvalue weighted by atomic mass is 16.5. The molecule has 0 bridgehead atoms. The van der Waals surface area contributed by atoms with Crippen LogP contribution in [0.15, 0.2) is 18.2 Å². The quantitative estimate of drug-likeness (QED) is 0.832. The summed E-state index contributed by atoms with van der Waals surface area (Å²) in [4.78, 5) is 0. The van der Waals surface area contributed by atoms with Crippen molar-refractivity contribution < 1.29 is 9.47 Å². The molecular weight excluding hydrogens is 228 g/mol. The van der Waals surface area contributed by atoms with Crippen LogP contribution in [0.3, 0.4) is 0 Å². The summed E-state index contributed by atoms with van der Waals surface area (Å²) in [6.07, 6.45) is 4.38. The van der Waals surface area contributed by atoms with Gasteiger partial charge in [0.2, 0.25) is 0 Å². The third-order valence-corrected chi connectivity index (χ3v) is 3.39. The van der Waals surface area contributed by atoms with Crippen molar-refractivity contribution in [1.29, 1.82) is 5.26 Å². The van der Waals surface area contributed by atoms with Gasteiger partial charge in [0.1, 0.15) is 23.5 Å². The highest BCUT2D eigenvalue weighted by Gasteiger charge is 2.27. The Morgan fingerprint density at radius 3 is 2.67 bits per heavy atom. The van der Waals surface area contributed by atoms with Crippen molar-refractivity contribution in [3.8, 4) is 11.8 Å². The number of hydrogen-bond acceptors (Lipinski definition) is 4. The van der Waals surface area contributed by atoms with Crippen molar-refractivity contribution in [2.75, 3.05) is 12.8 Å². The minimum atomic E-state index is 0.0117. The van der Waals surface area contributed by atoms with Gasteiger partial charge in [0.15, 0.2) is 0 Å². The van der Waals surface area contributed by atoms with Gasteiger partial charge >= 0.3 is 0 Å². The predicted molar refractivity (Wildman–Crippen MR) is 69.3 cm³/mol. The van der Waals surface area contributed by atoms with E-state index in [4.69, 9.17) is 20.5 Å². The normalized spacial score (nSPS) is 23.3. The van der Waals surface area contributed by atoms with Crippen molar-refractivity contribution in [3.63, 3.8) is 0 Å². The van der Waals surface area contributed by atoms with Crippen LogP contribution in [0.1, 0.15) is 31.2 Å². The molecule has 0 spiro atoms. The van der Waals surface area contributed by atoms with Gasteiger partial charge in [-0.25, -0.2) is 0 Å². The highest BCUT2D eigenvalue weighted by Crippen LogP contribution is 2.29. The topological polar surface area (TPSA) is 68.3 Å². The van der Waals surface area contributed by atoms with Gasteiger partial charge < -0.3 is 15.2 Å². The lowest BCUT2D eigenvalue weighted by atomic mass is 9.94. The Morgan fingerprint density at radius 2 is 2.00 bits per heavy atom. The van der Waals surface area contributed by atoms with Crippen LogP contribution >= 0.6 is 0 Å². The second kappa shape index (κ2) is 5.74. The third-order valence-electron chi connectivity index (χ3n) is 3.39. The molecule has 0 aromatic heterocycles. The molecule has 0 radical (unpaired) electrons. The first-order chi connectivity index (χ1) is 8.76. The zero-order valence-corrected chi connectivity index (χ0v) is 10.6. The maximum atomic E-state index is 9.11. The van der Waals surface area contributed by atoms with E-state index in [1.807, 2.05) is 0 Å². The first-order valence-corrected chi connectivity index (χ1v) is 6.24. The third kappa shape index (κ3) is 2.57. The van der Waals surface area contributed by atoms with E-state index in [0.717, 1.165) is 19.3 Å². The molecule has 2 atom stereocenters. The van der Waals surface area contributed by atoms with Crippen molar-refractivity contribution in [3.05, 3.63) is 23.8 Å². The molecular formula is C14H18N2O2. The minimum Gasteiger partial charge on any atom is -0.486 e. The maximum absolute atomic E-state index is 9.11. The van der Waals surface area contributed by atoms with E-state index >= 15 is 0 Å². The minimum absolute atomic E-state index is 0.0117. The Hall–Kier alpha value is -1.73. The summed E-state index contributed by atoms with van der Waals surface area (Å²) >= 11 is 0. The molecule has 1 aromatic rings. The van der Waals surface area contributed by atoms with E-state index in [2.05, 4.69) is 6.07 Å². The van der Waals surface area contributed by atoms with E-state index in [1.165, 1.54) is 6.42 Å². The van der Waals surface area contributed by atoms with Gasteiger partial charge in [-0.15, -0.1) is 0 Å². The van der Waals surface area contributed by atoms with Gasteiger partial charge in [-0.1, -0.05) is 12.5 Å². The molecule has 4 nitrogen and oxygen atoms in total. The standard InChI is InChI=1S/C14H18N2O2/c1-17-13-6-2-3-7-14(13)18-12-8-4-5-11(16)10(12)9-15/h4-5,8,13-14H,2-3,6-7,16H2,1H3. The number of anilines is 1. The van der Waals surface area contributed by atoms with Crippen LogP contribution in [0, 0.1) is 11.3 Å². The number of nitrogens with two attached hydrogens (primary N) is 1. The smallest absolute Gasteiger partial charge is 0.139 e. The molecule has 18 heavy (non-hydrogen) atoms. The zero-order chi connectivity index (χ0) is 13.0. The van der Waals surface area contributed by atoms with Gasteiger partial charge in [-0.3, -0.25) is 0 Å². The summed E-state index contributed by atoms with van der Waals surface area (Å²) in [6, 6.07) is 7.39. The van der Waals surface area contributed by atoms with E-state index in [1.54, 1.807) is 25.3 Å². The molecule has 1 fully saturated rings. The summed E-state index contributed by atoms with van der Waals surface area (Å²) in [5.41, 5.74) is 6.64. The Morgan fingerprint density at radius 1 is 1.28 bits per heavy atom. The number of ether oxygens (including phenoxy) is 2. The molecule has 0 aliphatic heterocycles. The van der Waals surface area contributed by atoms with E-state index < -0.39 is 0 Å². The summed E-state index contributed by atoms with van der Waals surface area (Å²) in [6.45, 7) is 0. The maximum Gasteiger partial charge on any atom is 0.139 e. The fraction of sp³-hybridized carbons (Fsp3) is 0.500. The Balaban J connectivity index is 2.18. The summed E-state index contributed by atoms with van der Waals surface area (Å²) in [7, 11) is 1.71. The van der Waals surface area contributed by atoms with Crippen LogP contribution in [-0.2, 0) is 4.74 Å². The Kier molecular flexibility index (Phi) is 4.06. The number of nitrogen functional groups attached to an aromatic ring is 1. The molecule has 1 aliphatic rings. The van der Waals surface area contributed by atoms with Gasteiger partial charge in [0.05, 0.1) is 11.8 Å². The van der Waals surface area contributed by atoms with Crippen LogP contribution in [-0.4, -0.2) is 19.3 Å². The predicted octanol–water partition coefficient (Wildman–Crippen LogP) is 2.48. The van der Waals surface area contributed by atoms with E-state index in [9.17, 15) is 0 Å². The highest BCUT2D eigenvalue weighted by molar-refractivity contribution is 5.60. The molecule has 0 amide bonds. The fourth-order valence-corrected chi connectivity index (χ4v) is 2.40. The van der Waals surface area contributed by atoms with Gasteiger partial charge in [0, 0.05) is 7.11 Å². The van der Waals surface area contributed by atoms with E-state index in [-0.39, 0.29) is 12.2 Å². The van der Waals surface area contributed by atoms with Crippen LogP contribution in [0.2, 0.25) is 0 Å². The Labute approximate surface area is 107 Å². The summed E-state index contributed by atoms with van der Waals surface area (Å²) in [5.74, 6) is 0.562. The van der Waals surface area contributed by atoms with Gasteiger partial charge in [-0.2, -0.15) is 5.26 Å². The summed E-state index contributed by atoms with van der Waals surface area (Å²) in [5, 5.41) is 9.11. The second-order valence-electron chi connectivity index (χ2n) is 4.55. The van der Waals surface area contributed by atoms with Crippen molar-refractivity contribution >= 4 is 5.69 Å². The number of benzene rings is 1. The molecule has 2 unspecified atom stereocenters. The fourth-order valence-electron chi connectivity index (χ4n) is 2.40. The van der Waals surface area contributed by atoms with Gasteiger partial charge in [-0.05, 0) is 31.4 Å². The van der Waals surface area contributed by atoms with E-state index in [0.29, 0.717) is 17.0 Å². The molecule has 2 rings (SSSR count). The van der Waals surface area contributed by atoms with Crippen molar-refractivity contribution in [2.45, 2.75) is 37.9 Å². The number of nitriles is 1. The number of rotatable bonds is 3. The monoisotopic (exact) mass is 246 g/mol. The molecule has 1 saturated carbocycles. The van der Waals surface area contributed by atoms with Crippen LogP contribution in [0.4, 0.5) is 5.69 Å². The molecule has 4 heteroatoms. The molecule has 0 heterocycles. The first kappa shape index (κ1) is 12.7. The average Bonchev–Trinajstić information content (AvgIpc) is 2.40. The van der Waals surface area contributed by atoms with Crippen molar-refractivity contribution in [2.24, 2.45) is 0 Å². The molecule has 0 saturated heterocycles. The zero-order valence-electron chi connectivity index (χ0n) is 10.6. The molecule has 1 aliphatic carbocycles. The van der Waals surface area contributed by atoms with Crippen LogP contribution < -0.4 is 10.5 Å². The van der Waals surface area contributed by atoms with Gasteiger partial charge in [0.25, 0.3) is 0 Å². The Bertz CT molecular complexity index is 454. The lowest BCUT2D eigenvalue weighted by Gasteiger charge is -2.31. The molecule has 1 aromatic carbocycles. The largest absolute Gasteiger partial charge is 0.486 e. The van der Waals surface area contributed by atoms with Crippen molar-refractivity contribution in [1.82, 2.24) is 0 Å². The number of hydrogen-bond donors (Lipinski definition) is 1. The lowest BCUT2D eigenvalue weighted by molar-refractivity contribution is -0.0230. The lowest BCUT2D eigenvalue weighted by Crippen LogP contribution is -2.36. The average molecular weight is 246 g/mol.